The van der Waals surface area contributed by atoms with Gasteiger partial charge in [-0.25, -0.2) is 9.97 Å². The maximum Gasteiger partial charge on any atom is 0.165 e. The molecule has 0 N–H and O–H groups in total. The van der Waals surface area contributed by atoms with Gasteiger partial charge in [-0.2, -0.15) is 0 Å². The molecule has 43 heavy (non-hydrogen) atoms. The molecule has 0 spiro atoms. The Morgan fingerprint density at radius 3 is 2.14 bits per heavy atom. The van der Waals surface area contributed by atoms with Gasteiger partial charge < -0.3 is 0 Å². The van der Waals surface area contributed by atoms with Gasteiger partial charge in [-0.05, 0) is 48.9 Å². The van der Waals surface area contributed by atoms with E-state index in [0.717, 1.165) is 39.1 Å². The third-order valence-corrected chi connectivity index (χ3v) is 9.57. The molecule has 0 fully saturated rings. The SMILES string of the molecule is Cc1cccc(-c2nc3ccccc3nc2-n2c3ccccc3c3cccc(-c4ccc5c(c4)sc4ccccc45)c32)c1. The standard InChI is InChI=1S/C39H25N3S/c1-24-10-8-11-26(22-24)37-39(41-33-17-5-4-16-32(33)40-37)42-34-18-6-2-12-28(34)31-15-9-14-27(38(31)42)25-20-21-30-29-13-3-7-19-35(29)43-36(30)23-25/h2-23H,1H3. The van der Waals surface area contributed by atoms with Crippen molar-refractivity contribution in [3.63, 3.8) is 0 Å². The third kappa shape index (κ3) is 3.73. The Morgan fingerprint density at radius 1 is 0.535 bits per heavy atom. The van der Waals surface area contributed by atoms with Crippen LogP contribution in [0, 0.1) is 6.92 Å². The number of fused-ring (bicyclic) bond motifs is 7. The van der Waals surface area contributed by atoms with Crippen molar-refractivity contribution in [1.82, 2.24) is 14.5 Å². The van der Waals surface area contributed by atoms with Crippen LogP contribution in [0.1, 0.15) is 5.56 Å². The summed E-state index contributed by atoms with van der Waals surface area (Å²) in [4.78, 5) is 10.6. The zero-order valence-corrected chi connectivity index (χ0v) is 24.3. The number of aryl methyl sites for hydroxylation is 1. The molecule has 0 bridgehead atoms. The minimum Gasteiger partial charge on any atom is -0.291 e. The fourth-order valence-corrected chi connectivity index (χ4v) is 7.64. The maximum atomic E-state index is 5.34. The van der Waals surface area contributed by atoms with Gasteiger partial charge in [0.15, 0.2) is 5.82 Å². The van der Waals surface area contributed by atoms with Crippen molar-refractivity contribution in [2.24, 2.45) is 0 Å². The van der Waals surface area contributed by atoms with Crippen LogP contribution in [-0.2, 0) is 0 Å². The molecular formula is C39H25N3S. The Kier molecular flexibility index (Phi) is 5.28. The van der Waals surface area contributed by atoms with Gasteiger partial charge in [0.25, 0.3) is 0 Å². The van der Waals surface area contributed by atoms with Crippen molar-refractivity contribution in [3.05, 3.63) is 139 Å². The minimum absolute atomic E-state index is 0.839. The van der Waals surface area contributed by atoms with E-state index in [1.807, 2.05) is 29.5 Å². The highest BCUT2D eigenvalue weighted by Crippen LogP contribution is 2.42. The summed E-state index contributed by atoms with van der Waals surface area (Å²) in [7, 11) is 0. The molecule has 0 saturated heterocycles. The number of para-hydroxylation sites is 4. The molecule has 202 valence electrons. The monoisotopic (exact) mass is 567 g/mol. The van der Waals surface area contributed by atoms with E-state index >= 15 is 0 Å². The number of benzene rings is 6. The molecule has 0 aliphatic rings. The fourth-order valence-electron chi connectivity index (χ4n) is 6.50. The second-order valence-electron chi connectivity index (χ2n) is 11.1. The molecule has 3 aromatic heterocycles. The van der Waals surface area contributed by atoms with Gasteiger partial charge in [0, 0.05) is 42.1 Å². The largest absolute Gasteiger partial charge is 0.291 e. The van der Waals surface area contributed by atoms with Crippen molar-refractivity contribution >= 4 is 64.3 Å². The van der Waals surface area contributed by atoms with Crippen LogP contribution in [0.3, 0.4) is 0 Å². The molecule has 0 radical (unpaired) electrons. The molecule has 0 atom stereocenters. The first kappa shape index (κ1) is 24.3. The zero-order valence-electron chi connectivity index (χ0n) is 23.5. The molecule has 0 aliphatic carbocycles. The van der Waals surface area contributed by atoms with Gasteiger partial charge in [-0.1, -0.05) is 103 Å². The molecule has 0 amide bonds. The molecule has 0 saturated carbocycles. The van der Waals surface area contributed by atoms with E-state index < -0.39 is 0 Å². The molecule has 4 heteroatoms. The van der Waals surface area contributed by atoms with Crippen molar-refractivity contribution in [3.8, 4) is 28.2 Å². The Morgan fingerprint density at radius 2 is 1.26 bits per heavy atom. The first-order valence-corrected chi connectivity index (χ1v) is 15.3. The number of aromatic nitrogens is 3. The Balaban J connectivity index is 1.41. The lowest BCUT2D eigenvalue weighted by atomic mass is 10.0. The van der Waals surface area contributed by atoms with Crippen molar-refractivity contribution in [2.75, 3.05) is 0 Å². The van der Waals surface area contributed by atoms with Gasteiger partial charge in [-0.3, -0.25) is 4.57 Å². The first-order chi connectivity index (χ1) is 21.2. The predicted molar refractivity (Wildman–Crippen MR) is 182 cm³/mol. The molecule has 6 aromatic carbocycles. The molecule has 3 heterocycles. The summed E-state index contributed by atoms with van der Waals surface area (Å²) in [6, 6.07) is 47.6. The predicted octanol–water partition coefficient (Wildman–Crippen LogP) is 10.7. The lowest BCUT2D eigenvalue weighted by Crippen LogP contribution is -2.04. The highest BCUT2D eigenvalue weighted by atomic mass is 32.1. The summed E-state index contributed by atoms with van der Waals surface area (Å²) in [5, 5.41) is 5.02. The molecule has 0 aliphatic heterocycles. The van der Waals surface area contributed by atoms with E-state index in [0.29, 0.717) is 0 Å². The molecular weight excluding hydrogens is 543 g/mol. The summed E-state index contributed by atoms with van der Waals surface area (Å²) in [6.45, 7) is 2.13. The second-order valence-corrected chi connectivity index (χ2v) is 12.2. The Bertz CT molecular complexity index is 2540. The summed E-state index contributed by atoms with van der Waals surface area (Å²) < 4.78 is 4.95. The smallest absolute Gasteiger partial charge is 0.165 e. The first-order valence-electron chi connectivity index (χ1n) is 14.5. The normalized spacial score (nSPS) is 11.8. The van der Waals surface area contributed by atoms with E-state index in [2.05, 4.69) is 127 Å². The third-order valence-electron chi connectivity index (χ3n) is 8.44. The van der Waals surface area contributed by atoms with Crippen LogP contribution in [-0.4, -0.2) is 14.5 Å². The Labute approximate surface area is 252 Å². The number of hydrogen-bond donors (Lipinski definition) is 0. The Hall–Kier alpha value is -5.32. The van der Waals surface area contributed by atoms with Gasteiger partial charge in [0.2, 0.25) is 0 Å². The number of thiophene rings is 1. The molecule has 3 nitrogen and oxygen atoms in total. The van der Waals surface area contributed by atoms with Crippen LogP contribution < -0.4 is 0 Å². The van der Waals surface area contributed by atoms with Gasteiger partial charge in [0.05, 0.1) is 22.1 Å². The molecule has 0 unspecified atom stereocenters. The van der Waals surface area contributed by atoms with Crippen LogP contribution in [0.15, 0.2) is 133 Å². The second kappa shape index (κ2) is 9.35. The fraction of sp³-hybridized carbons (Fsp3) is 0.0256. The van der Waals surface area contributed by atoms with Gasteiger partial charge >= 0.3 is 0 Å². The number of hydrogen-bond acceptors (Lipinski definition) is 3. The van der Waals surface area contributed by atoms with Crippen molar-refractivity contribution < 1.29 is 0 Å². The van der Waals surface area contributed by atoms with E-state index in [9.17, 15) is 0 Å². The van der Waals surface area contributed by atoms with E-state index in [1.54, 1.807) is 0 Å². The summed E-state index contributed by atoms with van der Waals surface area (Å²) in [6.07, 6.45) is 0. The summed E-state index contributed by atoms with van der Waals surface area (Å²) in [5.41, 5.74) is 9.52. The van der Waals surface area contributed by atoms with Gasteiger partial charge in [-0.15, -0.1) is 11.3 Å². The molecule has 9 rings (SSSR count). The van der Waals surface area contributed by atoms with Crippen LogP contribution in [0.2, 0.25) is 0 Å². The van der Waals surface area contributed by atoms with Crippen LogP contribution in [0.4, 0.5) is 0 Å². The van der Waals surface area contributed by atoms with Crippen molar-refractivity contribution in [1.29, 1.82) is 0 Å². The average Bonchev–Trinajstić information content (AvgIpc) is 3.59. The van der Waals surface area contributed by atoms with E-state index in [1.165, 1.54) is 47.6 Å². The average molecular weight is 568 g/mol. The highest BCUT2D eigenvalue weighted by Gasteiger charge is 2.21. The maximum absolute atomic E-state index is 5.34. The number of nitrogens with zero attached hydrogens (tertiary/aromatic N) is 3. The zero-order chi connectivity index (χ0) is 28.5. The summed E-state index contributed by atoms with van der Waals surface area (Å²) >= 11 is 1.85. The van der Waals surface area contributed by atoms with E-state index in [4.69, 9.17) is 9.97 Å². The highest BCUT2D eigenvalue weighted by molar-refractivity contribution is 7.25. The van der Waals surface area contributed by atoms with E-state index in [-0.39, 0.29) is 0 Å². The molecule has 9 aromatic rings. The van der Waals surface area contributed by atoms with Crippen LogP contribution in [0.5, 0.6) is 0 Å². The minimum atomic E-state index is 0.839. The summed E-state index contributed by atoms with van der Waals surface area (Å²) in [5.74, 6) is 0.839. The lowest BCUT2D eigenvalue weighted by Gasteiger charge is -2.16. The van der Waals surface area contributed by atoms with Crippen LogP contribution >= 0.6 is 11.3 Å². The lowest BCUT2D eigenvalue weighted by molar-refractivity contribution is 1.08. The number of rotatable bonds is 3. The van der Waals surface area contributed by atoms with Gasteiger partial charge in [0.1, 0.15) is 5.69 Å². The van der Waals surface area contributed by atoms with Crippen LogP contribution in [0.25, 0.3) is 81.2 Å². The topological polar surface area (TPSA) is 30.7 Å². The quantitative estimate of drug-likeness (QED) is 0.213. The van der Waals surface area contributed by atoms with Crippen molar-refractivity contribution in [2.45, 2.75) is 6.92 Å².